The molecule has 1 N–H and O–H groups in total. The number of halogens is 1. The van der Waals surface area contributed by atoms with Crippen LogP contribution >= 0.6 is 0 Å². The third-order valence-electron chi connectivity index (χ3n) is 2.12. The van der Waals surface area contributed by atoms with Gasteiger partial charge in [0.2, 0.25) is 0 Å². The van der Waals surface area contributed by atoms with Gasteiger partial charge in [0.05, 0.1) is 18.8 Å². The first-order chi connectivity index (χ1) is 7.65. The van der Waals surface area contributed by atoms with E-state index in [9.17, 15) is 9.50 Å². The number of benzene rings is 1. The molecule has 0 aliphatic rings. The number of nitrogens with zero attached hydrogens (tertiary/aromatic N) is 1. The van der Waals surface area contributed by atoms with Gasteiger partial charge in [-0.3, -0.25) is 0 Å². The summed E-state index contributed by atoms with van der Waals surface area (Å²) in [5, 5.41) is 17.5. The van der Waals surface area contributed by atoms with Crippen molar-refractivity contribution >= 4 is 0 Å². The third-order valence-corrected chi connectivity index (χ3v) is 2.12. The van der Waals surface area contributed by atoms with Crippen LogP contribution in [-0.4, -0.2) is 11.7 Å². The first-order valence-electron chi connectivity index (χ1n) is 5.12. The van der Waals surface area contributed by atoms with E-state index in [-0.39, 0.29) is 5.56 Å². The molecular weight excluding hydrogens is 209 g/mol. The summed E-state index contributed by atoms with van der Waals surface area (Å²) in [7, 11) is 0. The lowest BCUT2D eigenvalue weighted by Gasteiger charge is -2.09. The fourth-order valence-corrected chi connectivity index (χ4v) is 1.28. The van der Waals surface area contributed by atoms with Crippen molar-refractivity contribution in [2.24, 2.45) is 0 Å². The van der Waals surface area contributed by atoms with Crippen LogP contribution in [0.2, 0.25) is 0 Å². The zero-order chi connectivity index (χ0) is 12.0. The smallest absolute Gasteiger partial charge is 0.132 e. The Balaban J connectivity index is 2.57. The second-order valence-corrected chi connectivity index (χ2v) is 3.47. The van der Waals surface area contributed by atoms with Gasteiger partial charge in [-0.15, -0.1) is 0 Å². The van der Waals surface area contributed by atoms with Crippen LogP contribution in [0.3, 0.4) is 0 Å². The maximum atomic E-state index is 13.4. The summed E-state index contributed by atoms with van der Waals surface area (Å²) < 4.78 is 18.6. The summed E-state index contributed by atoms with van der Waals surface area (Å²) >= 11 is 0. The molecule has 0 aliphatic heterocycles. The van der Waals surface area contributed by atoms with Crippen molar-refractivity contribution in [3.8, 4) is 11.8 Å². The summed E-state index contributed by atoms with van der Waals surface area (Å²) in [5.41, 5.74) is 0.254. The monoisotopic (exact) mass is 223 g/mol. The molecule has 1 atom stereocenters. The van der Waals surface area contributed by atoms with Crippen molar-refractivity contribution < 1.29 is 14.2 Å². The SMILES string of the molecule is C[C@H](O)c1ccc(OCCCC#N)cc1F. The molecule has 0 aliphatic carbocycles. The summed E-state index contributed by atoms with van der Waals surface area (Å²) in [6.45, 7) is 1.90. The van der Waals surface area contributed by atoms with Crippen molar-refractivity contribution in [2.45, 2.75) is 25.9 Å². The molecule has 0 saturated heterocycles. The van der Waals surface area contributed by atoms with Gasteiger partial charge in [-0.05, 0) is 25.5 Å². The average Bonchev–Trinajstić information content (AvgIpc) is 2.24. The molecule has 0 fully saturated rings. The Morgan fingerprint density at radius 1 is 1.56 bits per heavy atom. The maximum absolute atomic E-state index is 13.4. The largest absolute Gasteiger partial charge is 0.493 e. The van der Waals surface area contributed by atoms with Crippen LogP contribution in [0.15, 0.2) is 18.2 Å². The highest BCUT2D eigenvalue weighted by atomic mass is 19.1. The van der Waals surface area contributed by atoms with Gasteiger partial charge in [0.25, 0.3) is 0 Å². The van der Waals surface area contributed by atoms with E-state index in [0.29, 0.717) is 25.2 Å². The van der Waals surface area contributed by atoms with Gasteiger partial charge in [0, 0.05) is 18.1 Å². The topological polar surface area (TPSA) is 53.2 Å². The molecule has 1 rings (SSSR count). The lowest BCUT2D eigenvalue weighted by Crippen LogP contribution is -2.00. The lowest BCUT2D eigenvalue weighted by molar-refractivity contribution is 0.194. The predicted octanol–water partition coefficient (Wildman–Crippen LogP) is 2.56. The first kappa shape index (κ1) is 12.5. The number of unbranched alkanes of at least 4 members (excludes halogenated alkanes) is 1. The van der Waals surface area contributed by atoms with Crippen LogP contribution < -0.4 is 4.74 Å². The van der Waals surface area contributed by atoms with Gasteiger partial charge in [0.15, 0.2) is 0 Å². The third kappa shape index (κ3) is 3.52. The zero-order valence-corrected chi connectivity index (χ0v) is 9.11. The summed E-state index contributed by atoms with van der Waals surface area (Å²) in [5.74, 6) is -0.0624. The highest BCUT2D eigenvalue weighted by Gasteiger charge is 2.08. The van der Waals surface area contributed by atoms with Crippen LogP contribution in [0.5, 0.6) is 5.75 Å². The second-order valence-electron chi connectivity index (χ2n) is 3.47. The number of nitriles is 1. The molecule has 0 unspecified atom stereocenters. The minimum Gasteiger partial charge on any atom is -0.493 e. The molecule has 1 aromatic rings. The van der Waals surface area contributed by atoms with Crippen molar-refractivity contribution in [3.63, 3.8) is 0 Å². The Labute approximate surface area is 94.1 Å². The molecule has 0 spiro atoms. The molecule has 0 bridgehead atoms. The van der Waals surface area contributed by atoms with E-state index in [4.69, 9.17) is 10.00 Å². The van der Waals surface area contributed by atoms with Crippen molar-refractivity contribution in [1.82, 2.24) is 0 Å². The molecule has 4 heteroatoms. The van der Waals surface area contributed by atoms with Crippen molar-refractivity contribution in [3.05, 3.63) is 29.6 Å². The van der Waals surface area contributed by atoms with Crippen LogP contribution in [0.1, 0.15) is 31.4 Å². The molecule has 86 valence electrons. The Kier molecular flexibility index (Phi) is 4.74. The van der Waals surface area contributed by atoms with Gasteiger partial charge >= 0.3 is 0 Å². The second kappa shape index (κ2) is 6.09. The number of ether oxygens (including phenoxy) is 1. The minimum absolute atomic E-state index is 0.254. The normalized spacial score (nSPS) is 11.9. The zero-order valence-electron chi connectivity index (χ0n) is 9.11. The highest BCUT2D eigenvalue weighted by molar-refractivity contribution is 5.29. The average molecular weight is 223 g/mol. The van der Waals surface area contributed by atoms with E-state index in [0.717, 1.165) is 0 Å². The molecule has 0 aromatic heterocycles. The van der Waals surface area contributed by atoms with Gasteiger partial charge in [-0.2, -0.15) is 5.26 Å². The molecule has 0 amide bonds. The number of rotatable bonds is 5. The quantitative estimate of drug-likeness (QED) is 0.780. The summed E-state index contributed by atoms with van der Waals surface area (Å²) in [4.78, 5) is 0. The number of aliphatic hydroxyl groups is 1. The van der Waals surface area contributed by atoms with Gasteiger partial charge < -0.3 is 9.84 Å². The maximum Gasteiger partial charge on any atom is 0.132 e. The molecular formula is C12H14FNO2. The Morgan fingerprint density at radius 2 is 2.31 bits per heavy atom. The first-order valence-corrected chi connectivity index (χ1v) is 5.12. The van der Waals surface area contributed by atoms with Crippen LogP contribution in [0.25, 0.3) is 0 Å². The van der Waals surface area contributed by atoms with Crippen molar-refractivity contribution in [2.75, 3.05) is 6.61 Å². The summed E-state index contributed by atoms with van der Waals surface area (Å²) in [6, 6.07) is 6.36. The Hall–Kier alpha value is -1.60. The number of hydrogen-bond acceptors (Lipinski definition) is 3. The predicted molar refractivity (Wildman–Crippen MR) is 57.4 cm³/mol. The van der Waals surface area contributed by atoms with E-state index in [2.05, 4.69) is 0 Å². The molecule has 16 heavy (non-hydrogen) atoms. The van der Waals surface area contributed by atoms with Crippen LogP contribution in [-0.2, 0) is 0 Å². The molecule has 0 radical (unpaired) electrons. The van der Waals surface area contributed by atoms with Gasteiger partial charge in [0.1, 0.15) is 11.6 Å². The highest BCUT2D eigenvalue weighted by Crippen LogP contribution is 2.21. The van der Waals surface area contributed by atoms with E-state index in [1.807, 2.05) is 6.07 Å². The van der Waals surface area contributed by atoms with E-state index < -0.39 is 11.9 Å². The Bertz CT molecular complexity index is 385. The van der Waals surface area contributed by atoms with Crippen LogP contribution in [0, 0.1) is 17.1 Å². The van der Waals surface area contributed by atoms with E-state index >= 15 is 0 Å². The molecule has 3 nitrogen and oxygen atoms in total. The minimum atomic E-state index is -0.826. The van der Waals surface area contributed by atoms with Gasteiger partial charge in [-0.1, -0.05) is 0 Å². The number of hydrogen-bond donors (Lipinski definition) is 1. The molecule has 1 aromatic carbocycles. The standard InChI is InChI=1S/C12H14FNO2/c1-9(15)11-5-4-10(8-12(11)13)16-7-3-2-6-14/h4-5,8-9,15H,2-3,7H2,1H3/t9-/m0/s1. The van der Waals surface area contributed by atoms with E-state index in [1.54, 1.807) is 6.07 Å². The summed E-state index contributed by atoms with van der Waals surface area (Å²) in [6.07, 6.45) is 0.220. The lowest BCUT2D eigenvalue weighted by atomic mass is 10.1. The fraction of sp³-hybridized carbons (Fsp3) is 0.417. The van der Waals surface area contributed by atoms with Crippen molar-refractivity contribution in [1.29, 1.82) is 5.26 Å². The number of aliphatic hydroxyl groups excluding tert-OH is 1. The molecule has 0 heterocycles. The van der Waals surface area contributed by atoms with E-state index in [1.165, 1.54) is 19.1 Å². The molecule has 0 saturated carbocycles. The Morgan fingerprint density at radius 3 is 2.88 bits per heavy atom. The fourth-order valence-electron chi connectivity index (χ4n) is 1.28. The van der Waals surface area contributed by atoms with Gasteiger partial charge in [-0.25, -0.2) is 4.39 Å². The van der Waals surface area contributed by atoms with Crippen LogP contribution in [0.4, 0.5) is 4.39 Å².